The number of hydrogen-bond acceptors (Lipinski definition) is 3. The second kappa shape index (κ2) is 5.53. The number of carbonyl (C=O) groups is 1. The van der Waals surface area contributed by atoms with Gasteiger partial charge in [0.2, 0.25) is 0 Å². The van der Waals surface area contributed by atoms with E-state index in [2.05, 4.69) is 10.3 Å². The van der Waals surface area contributed by atoms with E-state index in [1.807, 2.05) is 6.07 Å². The van der Waals surface area contributed by atoms with Crippen LogP contribution in [0.4, 0.5) is 11.4 Å². The van der Waals surface area contributed by atoms with Gasteiger partial charge in [-0.1, -0.05) is 18.2 Å². The van der Waals surface area contributed by atoms with Crippen LogP contribution in [0.25, 0.3) is 0 Å². The van der Waals surface area contributed by atoms with E-state index < -0.39 is 10.8 Å². The topological polar surface area (TPSA) is 88.0 Å². The fourth-order valence-corrected chi connectivity index (χ4v) is 1.80. The van der Waals surface area contributed by atoms with E-state index in [0.717, 1.165) is 5.56 Å². The van der Waals surface area contributed by atoms with Gasteiger partial charge in [-0.15, -0.1) is 11.6 Å². The van der Waals surface area contributed by atoms with Crippen LogP contribution < -0.4 is 5.32 Å². The van der Waals surface area contributed by atoms with Crippen LogP contribution in [0, 0.1) is 10.1 Å². The van der Waals surface area contributed by atoms with E-state index in [4.69, 9.17) is 11.6 Å². The number of anilines is 1. The predicted molar refractivity (Wildman–Crippen MR) is 71.4 cm³/mol. The minimum absolute atomic E-state index is 0.121. The Morgan fingerprint density at radius 1 is 1.42 bits per heavy atom. The normalized spacial score (nSPS) is 10.2. The number of amides is 1. The van der Waals surface area contributed by atoms with Crippen molar-refractivity contribution in [3.8, 4) is 0 Å². The summed E-state index contributed by atoms with van der Waals surface area (Å²) < 4.78 is 0. The first-order chi connectivity index (χ1) is 9.11. The molecule has 2 N–H and O–H groups in total. The minimum Gasteiger partial charge on any atom is -0.351 e. The molecule has 0 aliphatic heterocycles. The fraction of sp³-hybridized carbons (Fsp3) is 0.0833. The lowest BCUT2D eigenvalue weighted by molar-refractivity contribution is -0.384. The number of alkyl halides is 1. The first-order valence-electron chi connectivity index (χ1n) is 5.40. The van der Waals surface area contributed by atoms with Crippen LogP contribution in [-0.4, -0.2) is 15.8 Å². The van der Waals surface area contributed by atoms with Crippen LogP contribution in [0.1, 0.15) is 16.1 Å². The van der Waals surface area contributed by atoms with Crippen LogP contribution in [0.2, 0.25) is 0 Å². The monoisotopic (exact) mass is 279 g/mol. The summed E-state index contributed by atoms with van der Waals surface area (Å²) in [5, 5.41) is 13.2. The van der Waals surface area contributed by atoms with Gasteiger partial charge in [-0.3, -0.25) is 14.9 Å². The molecule has 2 aromatic rings. The SMILES string of the molecule is O=C(Nc1ccccc1CCl)c1cc([N+](=O)[O-])c[nH]1. The van der Waals surface area contributed by atoms with Crippen molar-refractivity contribution in [1.29, 1.82) is 0 Å². The third-order valence-corrected chi connectivity index (χ3v) is 2.82. The van der Waals surface area contributed by atoms with Gasteiger partial charge in [0.05, 0.1) is 11.1 Å². The van der Waals surface area contributed by atoms with Gasteiger partial charge in [0, 0.05) is 17.6 Å². The quantitative estimate of drug-likeness (QED) is 0.512. The number of halogens is 1. The molecule has 0 saturated carbocycles. The molecule has 6 nitrogen and oxygen atoms in total. The summed E-state index contributed by atoms with van der Waals surface area (Å²) in [7, 11) is 0. The van der Waals surface area contributed by atoms with Crippen LogP contribution in [0.15, 0.2) is 36.5 Å². The Bertz CT molecular complexity index is 624. The summed E-state index contributed by atoms with van der Waals surface area (Å²) in [5.41, 5.74) is 1.32. The Labute approximate surface area is 113 Å². The molecule has 0 spiro atoms. The highest BCUT2D eigenvalue weighted by Crippen LogP contribution is 2.19. The van der Waals surface area contributed by atoms with Crippen molar-refractivity contribution in [2.75, 3.05) is 5.32 Å². The molecule has 7 heteroatoms. The third-order valence-electron chi connectivity index (χ3n) is 2.53. The first-order valence-corrected chi connectivity index (χ1v) is 5.93. The smallest absolute Gasteiger partial charge is 0.287 e. The van der Waals surface area contributed by atoms with Gasteiger partial charge in [0.1, 0.15) is 5.69 Å². The molecular formula is C12H10ClN3O3. The van der Waals surface area contributed by atoms with Crippen LogP contribution in [0.3, 0.4) is 0 Å². The van der Waals surface area contributed by atoms with E-state index in [-0.39, 0.29) is 17.3 Å². The lowest BCUT2D eigenvalue weighted by Crippen LogP contribution is -2.13. The van der Waals surface area contributed by atoms with Crippen molar-refractivity contribution in [3.05, 3.63) is 57.9 Å². The lowest BCUT2D eigenvalue weighted by atomic mass is 10.2. The summed E-state index contributed by atoms with van der Waals surface area (Å²) in [6.07, 6.45) is 1.17. The molecular weight excluding hydrogens is 270 g/mol. The molecule has 1 aromatic carbocycles. The molecule has 19 heavy (non-hydrogen) atoms. The van der Waals surface area contributed by atoms with Crippen molar-refractivity contribution in [2.24, 2.45) is 0 Å². The number of carbonyl (C=O) groups excluding carboxylic acids is 1. The maximum atomic E-state index is 11.9. The Morgan fingerprint density at radius 3 is 2.79 bits per heavy atom. The van der Waals surface area contributed by atoms with Crippen molar-refractivity contribution in [2.45, 2.75) is 5.88 Å². The molecule has 1 heterocycles. The number of hydrogen-bond donors (Lipinski definition) is 2. The highest BCUT2D eigenvalue weighted by atomic mass is 35.5. The molecule has 0 atom stereocenters. The van der Waals surface area contributed by atoms with Crippen molar-refractivity contribution in [3.63, 3.8) is 0 Å². The maximum absolute atomic E-state index is 11.9. The standard InChI is InChI=1S/C12H10ClN3O3/c13-6-8-3-1-2-4-10(8)15-12(17)11-5-9(7-14-11)16(18)19/h1-5,7,14H,6H2,(H,15,17). The fourth-order valence-electron chi connectivity index (χ4n) is 1.57. The zero-order chi connectivity index (χ0) is 13.8. The number of aromatic amines is 1. The second-order valence-corrected chi connectivity index (χ2v) is 4.04. The Hall–Kier alpha value is -2.34. The number of nitrogens with one attached hydrogen (secondary N) is 2. The number of benzene rings is 1. The number of nitrogens with zero attached hydrogens (tertiary/aromatic N) is 1. The Balaban J connectivity index is 2.18. The molecule has 98 valence electrons. The molecule has 1 amide bonds. The molecule has 0 aliphatic carbocycles. The highest BCUT2D eigenvalue weighted by Gasteiger charge is 2.15. The summed E-state index contributed by atoms with van der Waals surface area (Å²) in [6, 6.07) is 8.26. The summed E-state index contributed by atoms with van der Waals surface area (Å²) in [5.74, 6) is -0.188. The van der Waals surface area contributed by atoms with Gasteiger partial charge in [0.25, 0.3) is 11.6 Å². The third kappa shape index (κ3) is 2.92. The van der Waals surface area contributed by atoms with Gasteiger partial charge in [-0.05, 0) is 11.6 Å². The van der Waals surface area contributed by atoms with Gasteiger partial charge in [-0.25, -0.2) is 0 Å². The van der Waals surface area contributed by atoms with Gasteiger partial charge in [0.15, 0.2) is 0 Å². The average molecular weight is 280 g/mol. The average Bonchev–Trinajstić information content (AvgIpc) is 2.89. The Kier molecular flexibility index (Phi) is 3.82. The van der Waals surface area contributed by atoms with E-state index in [1.54, 1.807) is 18.2 Å². The summed E-state index contributed by atoms with van der Waals surface area (Å²) in [6.45, 7) is 0. The maximum Gasteiger partial charge on any atom is 0.287 e. The molecule has 2 rings (SSSR count). The second-order valence-electron chi connectivity index (χ2n) is 3.77. The largest absolute Gasteiger partial charge is 0.351 e. The zero-order valence-corrected chi connectivity index (χ0v) is 10.5. The van der Waals surface area contributed by atoms with Gasteiger partial charge >= 0.3 is 0 Å². The molecule has 0 radical (unpaired) electrons. The highest BCUT2D eigenvalue weighted by molar-refractivity contribution is 6.17. The van der Waals surface area contributed by atoms with Gasteiger partial charge in [-0.2, -0.15) is 0 Å². The summed E-state index contributed by atoms with van der Waals surface area (Å²) >= 11 is 5.76. The van der Waals surface area contributed by atoms with Crippen molar-refractivity contribution in [1.82, 2.24) is 4.98 Å². The summed E-state index contributed by atoms with van der Waals surface area (Å²) in [4.78, 5) is 24.4. The zero-order valence-electron chi connectivity index (χ0n) is 9.72. The first kappa shape index (κ1) is 13.1. The van der Waals surface area contributed by atoms with Crippen LogP contribution in [0.5, 0.6) is 0 Å². The number of aromatic nitrogens is 1. The predicted octanol–water partition coefficient (Wildman–Crippen LogP) is 2.91. The molecule has 0 fully saturated rings. The molecule has 0 unspecified atom stereocenters. The minimum atomic E-state index is -0.569. The molecule has 0 bridgehead atoms. The molecule has 0 saturated heterocycles. The van der Waals surface area contributed by atoms with Gasteiger partial charge < -0.3 is 10.3 Å². The van der Waals surface area contributed by atoms with E-state index in [0.29, 0.717) is 5.69 Å². The van der Waals surface area contributed by atoms with Crippen molar-refractivity contribution >= 4 is 28.9 Å². The lowest BCUT2D eigenvalue weighted by Gasteiger charge is -2.07. The van der Waals surface area contributed by atoms with E-state index in [1.165, 1.54) is 12.3 Å². The number of para-hydroxylation sites is 1. The Morgan fingerprint density at radius 2 is 2.16 bits per heavy atom. The van der Waals surface area contributed by atoms with E-state index >= 15 is 0 Å². The molecule has 1 aromatic heterocycles. The number of H-pyrrole nitrogens is 1. The van der Waals surface area contributed by atoms with Crippen LogP contribution >= 0.6 is 11.6 Å². The number of nitro groups is 1. The van der Waals surface area contributed by atoms with Crippen LogP contribution in [-0.2, 0) is 5.88 Å². The number of rotatable bonds is 4. The van der Waals surface area contributed by atoms with Crippen molar-refractivity contribution < 1.29 is 9.72 Å². The van der Waals surface area contributed by atoms with E-state index in [9.17, 15) is 14.9 Å². The molecule has 0 aliphatic rings.